The molecule has 6 rings (SSSR count). The van der Waals surface area contributed by atoms with Crippen LogP contribution >= 0.6 is 0 Å². The SMILES string of the molecule is Cc1cnc2c(c1)S(=O)(=O)N(Cc1cc(C(c3ccn4c(C(F)(F)F)nnc4c3C)C(C)(C)C(=O)O)ccc1C)CC1(COC1)O2. The highest BCUT2D eigenvalue weighted by atomic mass is 32.2. The second kappa shape index (κ2) is 10.7. The Bertz CT molecular complexity index is 1990. The molecule has 0 saturated carbocycles. The van der Waals surface area contributed by atoms with Gasteiger partial charge in [-0.25, -0.2) is 13.4 Å². The molecule has 0 aliphatic carbocycles. The fourth-order valence-corrected chi connectivity index (χ4v) is 7.78. The van der Waals surface area contributed by atoms with Crippen LogP contribution in [0.1, 0.15) is 59.0 Å². The first kappa shape index (κ1) is 31.9. The smallest absolute Gasteiger partial charge is 0.452 e. The van der Waals surface area contributed by atoms with Crippen LogP contribution in [0, 0.1) is 26.2 Å². The molecule has 244 valence electrons. The molecule has 15 heteroatoms. The normalized spacial score (nSPS) is 18.4. The number of benzene rings is 1. The molecule has 3 aromatic heterocycles. The first-order valence-electron chi connectivity index (χ1n) is 14.4. The van der Waals surface area contributed by atoms with Crippen molar-refractivity contribution in [3.8, 4) is 5.88 Å². The lowest BCUT2D eigenvalue weighted by atomic mass is 9.70. The molecule has 0 radical (unpaired) electrons. The van der Waals surface area contributed by atoms with E-state index in [0.717, 1.165) is 9.96 Å². The molecule has 46 heavy (non-hydrogen) atoms. The zero-order valence-electron chi connectivity index (χ0n) is 25.7. The van der Waals surface area contributed by atoms with E-state index in [-0.39, 0.29) is 42.7 Å². The average molecular weight is 660 g/mol. The zero-order chi connectivity index (χ0) is 33.4. The predicted octanol–water partition coefficient (Wildman–Crippen LogP) is 4.66. The number of carboxylic acids is 1. The highest BCUT2D eigenvalue weighted by molar-refractivity contribution is 7.89. The van der Waals surface area contributed by atoms with Gasteiger partial charge in [0.15, 0.2) is 11.2 Å². The fourth-order valence-electron chi connectivity index (χ4n) is 6.14. The van der Waals surface area contributed by atoms with Crippen molar-refractivity contribution >= 4 is 21.6 Å². The minimum absolute atomic E-state index is 0.00263. The number of aliphatic carboxylic acids is 1. The van der Waals surface area contributed by atoms with Gasteiger partial charge < -0.3 is 14.6 Å². The third-order valence-electron chi connectivity index (χ3n) is 8.84. The Labute approximate surface area is 263 Å². The summed E-state index contributed by atoms with van der Waals surface area (Å²) in [5, 5.41) is 17.5. The third-order valence-corrected chi connectivity index (χ3v) is 10.6. The number of aryl methyl sites for hydroxylation is 3. The topological polar surface area (TPSA) is 136 Å². The fraction of sp³-hybridized carbons (Fsp3) is 0.419. The van der Waals surface area contributed by atoms with Crippen LogP contribution in [-0.2, 0) is 32.3 Å². The van der Waals surface area contributed by atoms with Crippen molar-refractivity contribution in [2.24, 2.45) is 5.41 Å². The van der Waals surface area contributed by atoms with Gasteiger partial charge in [0.05, 0.1) is 25.2 Å². The molecule has 11 nitrogen and oxygen atoms in total. The predicted molar refractivity (Wildman–Crippen MR) is 158 cm³/mol. The van der Waals surface area contributed by atoms with Crippen LogP contribution in [0.4, 0.5) is 13.2 Å². The minimum atomic E-state index is -4.74. The number of alkyl halides is 3. The van der Waals surface area contributed by atoms with Crippen molar-refractivity contribution in [3.63, 3.8) is 0 Å². The number of aromatic nitrogens is 4. The van der Waals surface area contributed by atoms with Crippen molar-refractivity contribution in [2.45, 2.75) is 63.8 Å². The van der Waals surface area contributed by atoms with Crippen molar-refractivity contribution in [1.82, 2.24) is 23.9 Å². The van der Waals surface area contributed by atoms with Gasteiger partial charge in [0.25, 0.3) is 0 Å². The molecule has 0 bridgehead atoms. The molecule has 1 saturated heterocycles. The van der Waals surface area contributed by atoms with Gasteiger partial charge in [0, 0.05) is 24.9 Å². The van der Waals surface area contributed by atoms with Gasteiger partial charge in [-0.2, -0.15) is 17.5 Å². The summed E-state index contributed by atoms with van der Waals surface area (Å²) in [5.41, 5.74) is 0.947. The third kappa shape index (κ3) is 5.19. The largest absolute Gasteiger partial charge is 0.481 e. The summed E-state index contributed by atoms with van der Waals surface area (Å²) in [6.45, 7) is 8.53. The Kier molecular flexibility index (Phi) is 7.44. The van der Waals surface area contributed by atoms with Crippen molar-refractivity contribution < 1.29 is 41.0 Å². The molecule has 2 aliphatic rings. The maximum absolute atomic E-state index is 14.0. The van der Waals surface area contributed by atoms with Gasteiger partial charge in [-0.05, 0) is 80.1 Å². The molecule has 1 fully saturated rings. The monoisotopic (exact) mass is 659 g/mol. The maximum atomic E-state index is 14.0. The lowest BCUT2D eigenvalue weighted by Gasteiger charge is -2.41. The lowest BCUT2D eigenvalue weighted by Crippen LogP contribution is -2.60. The highest BCUT2D eigenvalue weighted by Crippen LogP contribution is 2.44. The molecule has 4 aromatic rings. The Morgan fingerprint density at radius 1 is 1.11 bits per heavy atom. The average Bonchev–Trinajstić information content (AvgIpc) is 3.37. The first-order chi connectivity index (χ1) is 21.4. The Hall–Kier alpha value is -4.08. The van der Waals surface area contributed by atoms with E-state index in [0.29, 0.717) is 27.8 Å². The van der Waals surface area contributed by atoms with Gasteiger partial charge in [-0.1, -0.05) is 18.2 Å². The number of carbonyl (C=O) groups is 1. The summed E-state index contributed by atoms with van der Waals surface area (Å²) in [5.74, 6) is -3.16. The van der Waals surface area contributed by atoms with E-state index in [1.54, 1.807) is 32.0 Å². The molecular weight excluding hydrogens is 627 g/mol. The summed E-state index contributed by atoms with van der Waals surface area (Å²) < 4.78 is 82.5. The van der Waals surface area contributed by atoms with Crippen LogP contribution in [0.5, 0.6) is 5.88 Å². The molecule has 1 aromatic carbocycles. The first-order valence-corrected chi connectivity index (χ1v) is 15.9. The van der Waals surface area contributed by atoms with Crippen molar-refractivity contribution in [2.75, 3.05) is 19.8 Å². The Morgan fingerprint density at radius 3 is 2.46 bits per heavy atom. The lowest BCUT2D eigenvalue weighted by molar-refractivity contribution is -0.166. The summed E-state index contributed by atoms with van der Waals surface area (Å²) in [4.78, 5) is 16.9. The quantitative estimate of drug-likeness (QED) is 0.313. The van der Waals surface area contributed by atoms with Crippen LogP contribution in [0.2, 0.25) is 0 Å². The van der Waals surface area contributed by atoms with Crippen LogP contribution in [0.25, 0.3) is 5.65 Å². The number of ether oxygens (including phenoxy) is 2. The number of rotatable bonds is 6. The van der Waals surface area contributed by atoms with E-state index < -0.39 is 44.9 Å². The van der Waals surface area contributed by atoms with Crippen molar-refractivity contribution in [1.29, 1.82) is 0 Å². The van der Waals surface area contributed by atoms with Crippen LogP contribution in [0.15, 0.2) is 47.6 Å². The number of hydrogen-bond donors (Lipinski definition) is 1. The maximum Gasteiger partial charge on any atom is 0.452 e. The van der Waals surface area contributed by atoms with E-state index >= 15 is 0 Å². The summed E-state index contributed by atoms with van der Waals surface area (Å²) >= 11 is 0. The number of halogens is 3. The number of sulfonamides is 1. The molecular formula is C31H32F3N5O6S. The van der Waals surface area contributed by atoms with E-state index in [9.17, 15) is 31.5 Å². The number of fused-ring (bicyclic) bond motifs is 2. The molecule has 1 unspecified atom stereocenters. The zero-order valence-corrected chi connectivity index (χ0v) is 26.5. The number of hydrogen-bond acceptors (Lipinski definition) is 8. The van der Waals surface area contributed by atoms with Crippen LogP contribution in [0.3, 0.4) is 0 Å². The molecule has 1 N–H and O–H groups in total. The van der Waals surface area contributed by atoms with E-state index in [1.165, 1.54) is 42.7 Å². The van der Waals surface area contributed by atoms with Gasteiger partial charge in [0.1, 0.15) is 4.90 Å². The number of pyridine rings is 2. The summed E-state index contributed by atoms with van der Waals surface area (Å²) in [6, 6.07) is 8.28. The van der Waals surface area contributed by atoms with Crippen LogP contribution < -0.4 is 4.74 Å². The Morgan fingerprint density at radius 2 is 1.83 bits per heavy atom. The van der Waals surface area contributed by atoms with Crippen molar-refractivity contribution in [3.05, 3.63) is 81.9 Å². The molecule has 0 amide bonds. The van der Waals surface area contributed by atoms with Gasteiger partial charge in [0.2, 0.25) is 21.7 Å². The van der Waals surface area contributed by atoms with Gasteiger partial charge in [-0.15, -0.1) is 10.2 Å². The summed E-state index contributed by atoms with van der Waals surface area (Å²) in [7, 11) is -4.09. The van der Waals surface area contributed by atoms with E-state index in [4.69, 9.17) is 9.47 Å². The second-order valence-corrected chi connectivity index (χ2v) is 14.5. The standard InChI is InChI=1S/C31H32F3N5O6S/c1-17-10-23-26(35-12-17)45-30(15-44-16-30)14-38(46(23,42)43)13-21-11-20(7-6-18(21)2)24(29(4,5)28(40)41)22-8-9-39-25(19(22)3)36-37-27(39)31(32,33)34/h6-12,24H,13-16H2,1-5H3,(H,40,41). The number of carboxylic acid groups (broad SMARTS) is 1. The highest BCUT2D eigenvalue weighted by Gasteiger charge is 2.50. The van der Waals surface area contributed by atoms with Gasteiger partial charge in [-0.3, -0.25) is 9.20 Å². The minimum Gasteiger partial charge on any atom is -0.481 e. The van der Waals surface area contributed by atoms with E-state index in [2.05, 4.69) is 15.2 Å². The number of nitrogens with zero attached hydrogens (tertiary/aromatic N) is 5. The summed E-state index contributed by atoms with van der Waals surface area (Å²) in [6.07, 6.45) is -2.01. The molecule has 1 atom stereocenters. The second-order valence-electron chi connectivity index (χ2n) is 12.6. The molecule has 2 aliphatic heterocycles. The van der Waals surface area contributed by atoms with Crippen LogP contribution in [-0.4, -0.2) is 68.7 Å². The molecule has 5 heterocycles. The molecule has 1 spiro atoms. The van der Waals surface area contributed by atoms with Gasteiger partial charge >= 0.3 is 12.1 Å². The van der Waals surface area contributed by atoms with E-state index in [1.807, 2.05) is 6.92 Å². The Balaban J connectivity index is 1.46.